The Morgan fingerprint density at radius 3 is 2.94 bits per heavy atom. The van der Waals surface area contributed by atoms with Gasteiger partial charge in [0.15, 0.2) is 5.84 Å². The minimum atomic E-state index is 0.0185. The van der Waals surface area contributed by atoms with E-state index in [-0.39, 0.29) is 11.9 Å². The second-order valence-electron chi connectivity index (χ2n) is 3.76. The van der Waals surface area contributed by atoms with Gasteiger partial charge in [-0.3, -0.25) is 4.90 Å². The Balaban J connectivity index is 2.47. The Kier molecular flexibility index (Phi) is 5.28. The van der Waals surface area contributed by atoms with Crippen molar-refractivity contribution in [3.05, 3.63) is 22.4 Å². The summed E-state index contributed by atoms with van der Waals surface area (Å²) in [4.78, 5) is 3.48. The molecule has 1 unspecified atom stereocenters. The van der Waals surface area contributed by atoms with Gasteiger partial charge in [-0.05, 0) is 31.3 Å². The van der Waals surface area contributed by atoms with Crippen LogP contribution in [0.2, 0.25) is 0 Å². The minimum Gasteiger partial charge on any atom is -0.409 e. The summed E-state index contributed by atoms with van der Waals surface area (Å²) in [5.74, 6) is 0.288. The van der Waals surface area contributed by atoms with E-state index in [1.807, 2.05) is 14.0 Å². The molecular weight excluding hydrogens is 222 g/mol. The summed E-state index contributed by atoms with van der Waals surface area (Å²) in [6.45, 7) is 2.94. The van der Waals surface area contributed by atoms with Crippen molar-refractivity contribution in [1.82, 2.24) is 4.90 Å². The molecule has 16 heavy (non-hydrogen) atoms. The molecule has 90 valence electrons. The van der Waals surface area contributed by atoms with Crippen LogP contribution in [-0.2, 0) is 6.42 Å². The minimum absolute atomic E-state index is 0.0185. The Labute approximate surface area is 100 Å². The highest BCUT2D eigenvalue weighted by molar-refractivity contribution is 7.09. The summed E-state index contributed by atoms with van der Waals surface area (Å²) in [5.41, 5.74) is 5.64. The predicted octanol–water partition coefficient (Wildman–Crippen LogP) is 1.75. The van der Waals surface area contributed by atoms with Gasteiger partial charge in [-0.15, -0.1) is 11.3 Å². The van der Waals surface area contributed by atoms with Crippen molar-refractivity contribution in [3.8, 4) is 0 Å². The normalized spacial score (nSPS) is 14.3. The van der Waals surface area contributed by atoms with Crippen molar-refractivity contribution >= 4 is 17.2 Å². The number of nitrogens with two attached hydrogens (primary N) is 1. The maximum atomic E-state index is 8.68. The van der Waals surface area contributed by atoms with Gasteiger partial charge in [0, 0.05) is 11.4 Å². The fourth-order valence-electron chi connectivity index (χ4n) is 1.71. The Hall–Kier alpha value is -1.07. The molecule has 0 aromatic carbocycles. The van der Waals surface area contributed by atoms with Crippen LogP contribution in [-0.4, -0.2) is 35.6 Å². The number of thiophene rings is 1. The van der Waals surface area contributed by atoms with Gasteiger partial charge in [0.2, 0.25) is 0 Å². The Bertz CT molecular complexity index is 324. The standard InChI is InChI=1S/C11H19N3OS/c1-3-10(11(12)13-15)14(2)7-6-9-5-4-8-16-9/h4-5,8,10,15H,3,6-7H2,1-2H3,(H2,12,13). The first-order valence-corrected chi connectivity index (χ1v) is 6.27. The molecule has 4 nitrogen and oxygen atoms in total. The number of rotatable bonds is 6. The lowest BCUT2D eigenvalue weighted by Crippen LogP contribution is -2.43. The lowest BCUT2D eigenvalue weighted by Gasteiger charge is -2.25. The Morgan fingerprint density at radius 1 is 1.69 bits per heavy atom. The van der Waals surface area contributed by atoms with Gasteiger partial charge in [0.1, 0.15) is 0 Å². The van der Waals surface area contributed by atoms with Gasteiger partial charge in [0.25, 0.3) is 0 Å². The zero-order chi connectivity index (χ0) is 12.0. The first-order valence-electron chi connectivity index (χ1n) is 5.39. The van der Waals surface area contributed by atoms with Gasteiger partial charge in [-0.1, -0.05) is 18.1 Å². The number of amidine groups is 1. The van der Waals surface area contributed by atoms with E-state index in [9.17, 15) is 0 Å². The topological polar surface area (TPSA) is 61.9 Å². The first kappa shape index (κ1) is 13.0. The molecule has 0 aliphatic heterocycles. The molecule has 1 rings (SSSR count). The summed E-state index contributed by atoms with van der Waals surface area (Å²) in [6.07, 6.45) is 1.85. The SMILES string of the molecule is CCC(C(N)=NO)N(C)CCc1cccs1. The van der Waals surface area contributed by atoms with E-state index in [0.717, 1.165) is 19.4 Å². The van der Waals surface area contributed by atoms with Crippen LogP contribution in [0.3, 0.4) is 0 Å². The third-order valence-corrected chi connectivity index (χ3v) is 3.60. The summed E-state index contributed by atoms with van der Waals surface area (Å²) < 4.78 is 0. The molecule has 0 saturated heterocycles. The molecule has 1 aromatic rings. The molecule has 0 aliphatic carbocycles. The van der Waals surface area contributed by atoms with E-state index in [1.54, 1.807) is 11.3 Å². The van der Waals surface area contributed by atoms with E-state index in [2.05, 4.69) is 27.6 Å². The Morgan fingerprint density at radius 2 is 2.44 bits per heavy atom. The fourth-order valence-corrected chi connectivity index (χ4v) is 2.41. The largest absolute Gasteiger partial charge is 0.409 e. The zero-order valence-corrected chi connectivity index (χ0v) is 10.6. The quantitative estimate of drug-likeness (QED) is 0.345. The van der Waals surface area contributed by atoms with Crippen molar-refractivity contribution in [2.75, 3.05) is 13.6 Å². The average molecular weight is 241 g/mol. The van der Waals surface area contributed by atoms with Crippen molar-refractivity contribution in [2.24, 2.45) is 10.9 Å². The van der Waals surface area contributed by atoms with E-state index >= 15 is 0 Å². The van der Waals surface area contributed by atoms with Crippen LogP contribution < -0.4 is 5.73 Å². The maximum Gasteiger partial charge on any atom is 0.156 e. The summed E-state index contributed by atoms with van der Waals surface area (Å²) >= 11 is 1.76. The average Bonchev–Trinajstić information content (AvgIpc) is 2.79. The molecule has 0 fully saturated rings. The van der Waals surface area contributed by atoms with Crippen LogP contribution >= 0.6 is 11.3 Å². The van der Waals surface area contributed by atoms with Gasteiger partial charge < -0.3 is 10.9 Å². The van der Waals surface area contributed by atoms with E-state index < -0.39 is 0 Å². The van der Waals surface area contributed by atoms with Crippen LogP contribution in [0.15, 0.2) is 22.7 Å². The van der Waals surface area contributed by atoms with Crippen LogP contribution in [0.25, 0.3) is 0 Å². The second kappa shape index (κ2) is 6.50. The molecule has 1 aromatic heterocycles. The summed E-state index contributed by atoms with van der Waals surface area (Å²) in [7, 11) is 2.00. The number of nitrogens with zero attached hydrogens (tertiary/aromatic N) is 2. The van der Waals surface area contributed by atoms with Crippen LogP contribution in [0.5, 0.6) is 0 Å². The molecule has 0 spiro atoms. The number of likely N-dealkylation sites (N-methyl/N-ethyl adjacent to an activating group) is 1. The first-order chi connectivity index (χ1) is 7.69. The number of hydrogen-bond acceptors (Lipinski definition) is 4. The van der Waals surface area contributed by atoms with Crippen molar-refractivity contribution in [3.63, 3.8) is 0 Å². The van der Waals surface area contributed by atoms with Crippen LogP contribution in [0, 0.1) is 0 Å². The predicted molar refractivity (Wildman–Crippen MR) is 68.1 cm³/mol. The molecule has 0 aliphatic rings. The molecule has 1 heterocycles. The van der Waals surface area contributed by atoms with Gasteiger partial charge >= 0.3 is 0 Å². The third-order valence-electron chi connectivity index (χ3n) is 2.67. The van der Waals surface area contributed by atoms with Crippen LogP contribution in [0.1, 0.15) is 18.2 Å². The highest BCUT2D eigenvalue weighted by Gasteiger charge is 2.16. The lowest BCUT2D eigenvalue weighted by molar-refractivity contribution is 0.273. The summed E-state index contributed by atoms with van der Waals surface area (Å²) in [6, 6.07) is 4.20. The molecular formula is C11H19N3OS. The lowest BCUT2D eigenvalue weighted by atomic mass is 10.1. The summed E-state index contributed by atoms with van der Waals surface area (Å²) in [5, 5.41) is 13.8. The smallest absolute Gasteiger partial charge is 0.156 e. The van der Waals surface area contributed by atoms with Gasteiger partial charge in [-0.2, -0.15) is 0 Å². The number of oxime groups is 1. The number of hydrogen-bond donors (Lipinski definition) is 2. The zero-order valence-electron chi connectivity index (χ0n) is 9.76. The fraction of sp³-hybridized carbons (Fsp3) is 0.545. The van der Waals surface area contributed by atoms with Crippen LogP contribution in [0.4, 0.5) is 0 Å². The molecule has 0 saturated carbocycles. The monoisotopic (exact) mass is 241 g/mol. The third kappa shape index (κ3) is 3.50. The van der Waals surface area contributed by atoms with E-state index in [0.29, 0.717) is 0 Å². The van der Waals surface area contributed by atoms with Gasteiger partial charge in [0.05, 0.1) is 6.04 Å². The maximum absolute atomic E-state index is 8.68. The molecule has 0 amide bonds. The van der Waals surface area contributed by atoms with Crippen molar-refractivity contribution < 1.29 is 5.21 Å². The molecule has 0 radical (unpaired) electrons. The van der Waals surface area contributed by atoms with Crippen molar-refractivity contribution in [2.45, 2.75) is 25.8 Å². The van der Waals surface area contributed by atoms with E-state index in [4.69, 9.17) is 10.9 Å². The second-order valence-corrected chi connectivity index (χ2v) is 4.79. The van der Waals surface area contributed by atoms with Crippen molar-refractivity contribution in [1.29, 1.82) is 0 Å². The highest BCUT2D eigenvalue weighted by atomic mass is 32.1. The highest BCUT2D eigenvalue weighted by Crippen LogP contribution is 2.11. The molecule has 1 atom stereocenters. The van der Waals surface area contributed by atoms with E-state index in [1.165, 1.54) is 4.88 Å². The molecule has 3 N–H and O–H groups in total. The van der Waals surface area contributed by atoms with Gasteiger partial charge in [-0.25, -0.2) is 0 Å². The molecule has 5 heteroatoms. The molecule has 0 bridgehead atoms.